The minimum atomic E-state index is -4.65. The number of para-hydroxylation sites is 1. The highest BCUT2D eigenvalue weighted by Gasteiger charge is 2.35. The molecule has 0 spiro atoms. The molecule has 0 aliphatic rings. The number of carbonyl (C=O) groups is 1. The predicted molar refractivity (Wildman–Crippen MR) is 124 cm³/mol. The summed E-state index contributed by atoms with van der Waals surface area (Å²) in [7, 11) is 0. The summed E-state index contributed by atoms with van der Waals surface area (Å²) in [5, 5.41) is 6.66. The number of aromatic nitrogens is 1. The Hall–Kier alpha value is -3.29. The van der Waals surface area contributed by atoms with Crippen LogP contribution in [0.3, 0.4) is 0 Å². The van der Waals surface area contributed by atoms with Crippen molar-refractivity contribution in [3.63, 3.8) is 0 Å². The molecule has 1 amide bonds. The zero-order valence-electron chi connectivity index (χ0n) is 17.4. The first kappa shape index (κ1) is 22.9. The molecule has 4 nitrogen and oxygen atoms in total. The van der Waals surface area contributed by atoms with E-state index in [0.717, 1.165) is 28.6 Å². The van der Waals surface area contributed by atoms with Crippen molar-refractivity contribution in [3.05, 3.63) is 101 Å². The minimum absolute atomic E-state index is 0.0585. The first-order valence-corrected chi connectivity index (χ1v) is 10.7. The number of aromatic amines is 1. The summed E-state index contributed by atoms with van der Waals surface area (Å²) in [5.74, 6) is -0.590. The monoisotopic (exact) mass is 471 g/mol. The summed E-state index contributed by atoms with van der Waals surface area (Å²) in [6.07, 6.45) is -2.10. The number of fused-ring (bicyclic) bond motifs is 1. The second kappa shape index (κ2) is 9.68. The Kier molecular flexibility index (Phi) is 6.72. The van der Waals surface area contributed by atoms with Crippen molar-refractivity contribution >= 4 is 34.1 Å². The van der Waals surface area contributed by atoms with Crippen LogP contribution in [0.4, 0.5) is 18.9 Å². The molecule has 1 aromatic heterocycles. The standard InChI is InChI=1S/C25H21ClF3N3O/c26-18-10-11-22(20(14-18)25(27,28)29)32-24(33)23(16-6-2-1-3-7-16)30-13-12-17-15-31-21-9-5-4-8-19(17)21/h1-11,14-15,23,30-31H,12-13H2,(H,32,33)/t23-/m0/s1. The molecule has 170 valence electrons. The molecule has 0 unspecified atom stereocenters. The summed E-state index contributed by atoms with van der Waals surface area (Å²) in [4.78, 5) is 16.3. The number of benzene rings is 3. The van der Waals surface area contributed by atoms with E-state index in [9.17, 15) is 18.0 Å². The van der Waals surface area contributed by atoms with Gasteiger partial charge in [-0.1, -0.05) is 60.1 Å². The Bertz CT molecular complexity index is 1250. The van der Waals surface area contributed by atoms with Gasteiger partial charge in [-0.2, -0.15) is 13.2 Å². The minimum Gasteiger partial charge on any atom is -0.361 e. The van der Waals surface area contributed by atoms with Gasteiger partial charge >= 0.3 is 6.18 Å². The molecule has 0 fully saturated rings. The third-order valence-corrected chi connectivity index (χ3v) is 5.59. The van der Waals surface area contributed by atoms with E-state index in [1.165, 1.54) is 6.07 Å². The van der Waals surface area contributed by atoms with E-state index in [1.807, 2.05) is 36.5 Å². The second-order valence-electron chi connectivity index (χ2n) is 7.58. The van der Waals surface area contributed by atoms with Crippen LogP contribution in [0.15, 0.2) is 79.0 Å². The normalized spacial score (nSPS) is 12.6. The largest absolute Gasteiger partial charge is 0.418 e. The molecule has 3 aromatic carbocycles. The Balaban J connectivity index is 1.53. The van der Waals surface area contributed by atoms with Crippen molar-refractivity contribution in [2.75, 3.05) is 11.9 Å². The molecule has 1 atom stereocenters. The fraction of sp³-hybridized carbons (Fsp3) is 0.160. The zero-order chi connectivity index (χ0) is 23.4. The van der Waals surface area contributed by atoms with E-state index >= 15 is 0 Å². The van der Waals surface area contributed by atoms with Gasteiger partial charge in [0, 0.05) is 28.7 Å². The van der Waals surface area contributed by atoms with E-state index in [-0.39, 0.29) is 10.7 Å². The highest BCUT2D eigenvalue weighted by atomic mass is 35.5. The summed E-state index contributed by atoms with van der Waals surface area (Å²) in [6.45, 7) is 0.446. The Morgan fingerprint density at radius 3 is 2.48 bits per heavy atom. The van der Waals surface area contributed by atoms with Crippen molar-refractivity contribution < 1.29 is 18.0 Å². The third-order valence-electron chi connectivity index (χ3n) is 5.36. The van der Waals surface area contributed by atoms with Gasteiger partial charge in [0.15, 0.2) is 0 Å². The van der Waals surface area contributed by atoms with E-state index in [4.69, 9.17) is 11.6 Å². The van der Waals surface area contributed by atoms with E-state index in [2.05, 4.69) is 15.6 Å². The molecule has 0 saturated carbocycles. The lowest BCUT2D eigenvalue weighted by molar-refractivity contribution is -0.137. The van der Waals surface area contributed by atoms with Gasteiger partial charge < -0.3 is 15.6 Å². The number of hydrogen-bond acceptors (Lipinski definition) is 2. The third kappa shape index (κ3) is 5.38. The molecule has 0 radical (unpaired) electrons. The number of hydrogen-bond donors (Lipinski definition) is 3. The SMILES string of the molecule is O=C(Nc1ccc(Cl)cc1C(F)(F)F)[C@@H](NCCc1c[nH]c2ccccc12)c1ccccc1. The number of H-pyrrole nitrogens is 1. The van der Waals surface area contributed by atoms with E-state index < -0.39 is 23.7 Å². The first-order chi connectivity index (χ1) is 15.8. The molecule has 0 aliphatic heterocycles. The smallest absolute Gasteiger partial charge is 0.361 e. The van der Waals surface area contributed by atoms with Gasteiger partial charge in [0.2, 0.25) is 5.91 Å². The molecule has 8 heteroatoms. The van der Waals surface area contributed by atoms with Crippen molar-refractivity contribution in [2.24, 2.45) is 0 Å². The molecule has 4 aromatic rings. The van der Waals surface area contributed by atoms with Gasteiger partial charge in [-0.05, 0) is 41.8 Å². The van der Waals surface area contributed by atoms with Gasteiger partial charge in [0.05, 0.1) is 11.3 Å². The van der Waals surface area contributed by atoms with E-state index in [1.54, 1.807) is 24.3 Å². The molecule has 0 bridgehead atoms. The molecule has 1 heterocycles. The van der Waals surface area contributed by atoms with Crippen molar-refractivity contribution in [3.8, 4) is 0 Å². The summed E-state index contributed by atoms with van der Waals surface area (Å²) < 4.78 is 40.4. The summed E-state index contributed by atoms with van der Waals surface area (Å²) in [6, 6.07) is 19.2. The molecule has 33 heavy (non-hydrogen) atoms. The van der Waals surface area contributed by atoms with Gasteiger partial charge in [0.1, 0.15) is 6.04 Å². The number of amides is 1. The molecule has 0 aliphatic carbocycles. The van der Waals surface area contributed by atoms with Crippen LogP contribution >= 0.6 is 11.6 Å². The van der Waals surface area contributed by atoms with Crippen LogP contribution in [0.1, 0.15) is 22.7 Å². The van der Waals surface area contributed by atoms with Crippen molar-refractivity contribution in [1.29, 1.82) is 0 Å². The quantitative estimate of drug-likeness (QED) is 0.294. The van der Waals surface area contributed by atoms with Crippen LogP contribution in [0.2, 0.25) is 5.02 Å². The Labute approximate surface area is 193 Å². The number of carbonyl (C=O) groups excluding carboxylic acids is 1. The van der Waals surface area contributed by atoms with Gasteiger partial charge in [-0.25, -0.2) is 0 Å². The average molecular weight is 472 g/mol. The first-order valence-electron chi connectivity index (χ1n) is 10.3. The molecule has 3 N–H and O–H groups in total. The maximum absolute atomic E-state index is 13.5. The second-order valence-corrected chi connectivity index (χ2v) is 8.02. The van der Waals surface area contributed by atoms with Crippen molar-refractivity contribution in [2.45, 2.75) is 18.6 Å². The Morgan fingerprint density at radius 1 is 1.00 bits per heavy atom. The molecular formula is C25H21ClF3N3O. The summed E-state index contributed by atoms with van der Waals surface area (Å²) in [5.41, 5.74) is 1.43. The average Bonchev–Trinajstić information content (AvgIpc) is 3.21. The summed E-state index contributed by atoms with van der Waals surface area (Å²) >= 11 is 5.75. The van der Waals surface area contributed by atoms with Crippen LogP contribution < -0.4 is 10.6 Å². The van der Waals surface area contributed by atoms with E-state index in [0.29, 0.717) is 18.5 Å². The number of anilines is 1. The lowest BCUT2D eigenvalue weighted by atomic mass is 10.0. The fourth-order valence-electron chi connectivity index (χ4n) is 3.76. The van der Waals surface area contributed by atoms with Gasteiger partial charge in [0.25, 0.3) is 0 Å². The van der Waals surface area contributed by atoms with Crippen LogP contribution in [0, 0.1) is 0 Å². The van der Waals surface area contributed by atoms with Gasteiger partial charge in [-0.3, -0.25) is 4.79 Å². The van der Waals surface area contributed by atoms with Crippen LogP contribution in [-0.2, 0) is 17.4 Å². The molecular weight excluding hydrogens is 451 g/mol. The topological polar surface area (TPSA) is 56.9 Å². The number of nitrogens with one attached hydrogen (secondary N) is 3. The van der Waals surface area contributed by atoms with Crippen molar-refractivity contribution in [1.82, 2.24) is 10.3 Å². The highest BCUT2D eigenvalue weighted by Crippen LogP contribution is 2.36. The lowest BCUT2D eigenvalue weighted by Gasteiger charge is -2.21. The van der Waals surface area contributed by atoms with Crippen LogP contribution in [0.5, 0.6) is 0 Å². The number of halogens is 4. The maximum Gasteiger partial charge on any atom is 0.418 e. The maximum atomic E-state index is 13.5. The lowest BCUT2D eigenvalue weighted by Crippen LogP contribution is -2.34. The fourth-order valence-corrected chi connectivity index (χ4v) is 3.93. The molecule has 0 saturated heterocycles. The molecule has 4 rings (SSSR count). The number of rotatable bonds is 7. The van der Waals surface area contributed by atoms with Crippen LogP contribution in [0.25, 0.3) is 10.9 Å². The zero-order valence-corrected chi connectivity index (χ0v) is 18.2. The predicted octanol–water partition coefficient (Wildman–Crippen LogP) is 6.35. The number of alkyl halides is 3. The van der Waals surface area contributed by atoms with Crippen LogP contribution in [-0.4, -0.2) is 17.4 Å². The highest BCUT2D eigenvalue weighted by molar-refractivity contribution is 6.30. The Morgan fingerprint density at radius 2 is 1.73 bits per heavy atom. The van der Waals surface area contributed by atoms with Gasteiger partial charge in [-0.15, -0.1) is 0 Å².